The zero-order valence-corrected chi connectivity index (χ0v) is 7.92. The van der Waals surface area contributed by atoms with Crippen molar-refractivity contribution >= 4 is 0 Å². The standard InChI is InChI=1S/C10H14N2O/c1-7-11-12-9(13-7)8-6-10(8)4-2-3-5-10/h8H,2-6H2,1H3. The van der Waals surface area contributed by atoms with Gasteiger partial charge in [-0.1, -0.05) is 12.8 Å². The van der Waals surface area contributed by atoms with Gasteiger partial charge in [0.25, 0.3) is 0 Å². The third kappa shape index (κ3) is 1.02. The first-order chi connectivity index (χ1) is 6.30. The molecule has 2 aliphatic rings. The van der Waals surface area contributed by atoms with Crippen molar-refractivity contribution in [3.63, 3.8) is 0 Å². The van der Waals surface area contributed by atoms with Gasteiger partial charge < -0.3 is 4.42 Å². The van der Waals surface area contributed by atoms with Gasteiger partial charge in [-0.3, -0.25) is 0 Å². The summed E-state index contributed by atoms with van der Waals surface area (Å²) in [5.41, 5.74) is 0.582. The summed E-state index contributed by atoms with van der Waals surface area (Å²) in [4.78, 5) is 0. The van der Waals surface area contributed by atoms with Gasteiger partial charge in [-0.25, -0.2) is 0 Å². The van der Waals surface area contributed by atoms with Crippen molar-refractivity contribution < 1.29 is 4.42 Å². The zero-order chi connectivity index (χ0) is 8.89. The molecule has 0 amide bonds. The summed E-state index contributed by atoms with van der Waals surface area (Å²) in [7, 11) is 0. The SMILES string of the molecule is Cc1nnc(C2CC23CCCC3)o1. The van der Waals surface area contributed by atoms with E-state index < -0.39 is 0 Å². The molecule has 0 saturated heterocycles. The van der Waals surface area contributed by atoms with Crippen LogP contribution in [0.3, 0.4) is 0 Å². The summed E-state index contributed by atoms with van der Waals surface area (Å²) in [6, 6.07) is 0. The second-order valence-corrected chi connectivity index (χ2v) is 4.49. The van der Waals surface area contributed by atoms with Crippen LogP contribution in [-0.4, -0.2) is 10.2 Å². The van der Waals surface area contributed by atoms with Crippen molar-refractivity contribution in [2.75, 3.05) is 0 Å². The van der Waals surface area contributed by atoms with Crippen molar-refractivity contribution in [1.82, 2.24) is 10.2 Å². The molecule has 13 heavy (non-hydrogen) atoms. The third-order valence-corrected chi connectivity index (χ3v) is 3.63. The summed E-state index contributed by atoms with van der Waals surface area (Å²) in [6.45, 7) is 1.86. The van der Waals surface area contributed by atoms with Crippen molar-refractivity contribution in [2.45, 2.75) is 44.9 Å². The van der Waals surface area contributed by atoms with Gasteiger partial charge in [0.2, 0.25) is 11.8 Å². The second-order valence-electron chi connectivity index (χ2n) is 4.49. The molecular formula is C10H14N2O. The van der Waals surface area contributed by atoms with E-state index in [1.165, 1.54) is 32.1 Å². The average molecular weight is 178 g/mol. The molecule has 1 spiro atoms. The van der Waals surface area contributed by atoms with Crippen molar-refractivity contribution in [3.05, 3.63) is 11.8 Å². The van der Waals surface area contributed by atoms with Gasteiger partial charge in [0, 0.05) is 12.8 Å². The lowest BCUT2D eigenvalue weighted by molar-refractivity contribution is 0.425. The Hall–Kier alpha value is -0.860. The molecule has 1 unspecified atom stereocenters. The molecule has 0 bridgehead atoms. The summed E-state index contributed by atoms with van der Waals surface area (Å²) in [5.74, 6) is 2.19. The van der Waals surface area contributed by atoms with E-state index in [2.05, 4.69) is 10.2 Å². The van der Waals surface area contributed by atoms with Crippen LogP contribution in [0.1, 0.15) is 49.8 Å². The molecule has 0 aromatic carbocycles. The highest BCUT2D eigenvalue weighted by Gasteiger charge is 2.58. The minimum Gasteiger partial charge on any atom is -0.425 e. The van der Waals surface area contributed by atoms with E-state index in [0.717, 1.165) is 5.89 Å². The monoisotopic (exact) mass is 178 g/mol. The molecule has 1 aromatic heterocycles. The number of rotatable bonds is 1. The lowest BCUT2D eigenvalue weighted by atomic mass is 10.0. The van der Waals surface area contributed by atoms with Crippen LogP contribution in [0.2, 0.25) is 0 Å². The Balaban J connectivity index is 1.82. The van der Waals surface area contributed by atoms with E-state index in [0.29, 0.717) is 17.2 Å². The van der Waals surface area contributed by atoms with E-state index in [-0.39, 0.29) is 0 Å². The van der Waals surface area contributed by atoms with Crippen LogP contribution in [0, 0.1) is 12.3 Å². The Morgan fingerprint density at radius 1 is 1.31 bits per heavy atom. The maximum Gasteiger partial charge on any atom is 0.220 e. The molecule has 3 nitrogen and oxygen atoms in total. The fourth-order valence-electron chi connectivity index (χ4n) is 2.78. The van der Waals surface area contributed by atoms with Crippen LogP contribution >= 0.6 is 0 Å². The van der Waals surface area contributed by atoms with Gasteiger partial charge >= 0.3 is 0 Å². The lowest BCUT2D eigenvalue weighted by Crippen LogP contribution is -1.95. The predicted molar refractivity (Wildman–Crippen MR) is 47.3 cm³/mol. The van der Waals surface area contributed by atoms with E-state index in [1.54, 1.807) is 0 Å². The molecule has 1 aromatic rings. The Bertz CT molecular complexity index is 325. The zero-order valence-electron chi connectivity index (χ0n) is 7.92. The van der Waals surface area contributed by atoms with E-state index in [9.17, 15) is 0 Å². The van der Waals surface area contributed by atoms with Crippen LogP contribution in [0.15, 0.2) is 4.42 Å². The van der Waals surface area contributed by atoms with Crippen LogP contribution in [0.25, 0.3) is 0 Å². The molecular weight excluding hydrogens is 164 g/mol. The molecule has 3 heteroatoms. The lowest BCUT2D eigenvalue weighted by Gasteiger charge is -2.03. The topological polar surface area (TPSA) is 38.9 Å². The number of hydrogen-bond donors (Lipinski definition) is 0. The average Bonchev–Trinajstić information content (AvgIpc) is 2.50. The Labute approximate surface area is 77.5 Å². The molecule has 0 radical (unpaired) electrons. The number of hydrogen-bond acceptors (Lipinski definition) is 3. The predicted octanol–water partition coefficient (Wildman–Crippen LogP) is 2.43. The third-order valence-electron chi connectivity index (χ3n) is 3.63. The van der Waals surface area contributed by atoms with Crippen molar-refractivity contribution in [2.24, 2.45) is 5.41 Å². The van der Waals surface area contributed by atoms with Gasteiger partial charge in [-0.2, -0.15) is 0 Å². The smallest absolute Gasteiger partial charge is 0.220 e. The van der Waals surface area contributed by atoms with Crippen molar-refractivity contribution in [1.29, 1.82) is 0 Å². The highest BCUT2D eigenvalue weighted by Crippen LogP contribution is 2.67. The Kier molecular flexibility index (Phi) is 1.35. The summed E-state index contributed by atoms with van der Waals surface area (Å²) >= 11 is 0. The first-order valence-electron chi connectivity index (χ1n) is 5.10. The van der Waals surface area contributed by atoms with Gasteiger partial charge in [-0.15, -0.1) is 10.2 Å². The first kappa shape index (κ1) is 7.54. The fourth-order valence-corrected chi connectivity index (χ4v) is 2.78. The van der Waals surface area contributed by atoms with Gasteiger partial charge in [0.05, 0.1) is 0 Å². The number of aromatic nitrogens is 2. The van der Waals surface area contributed by atoms with Gasteiger partial charge in [0.1, 0.15) is 0 Å². The van der Waals surface area contributed by atoms with Gasteiger partial charge in [-0.05, 0) is 24.7 Å². The second kappa shape index (κ2) is 2.34. The van der Waals surface area contributed by atoms with Crippen LogP contribution in [0.5, 0.6) is 0 Å². The quantitative estimate of drug-likeness (QED) is 0.663. The van der Waals surface area contributed by atoms with E-state index in [1.807, 2.05) is 6.92 Å². The fraction of sp³-hybridized carbons (Fsp3) is 0.800. The normalized spacial score (nSPS) is 29.8. The van der Waals surface area contributed by atoms with Crippen LogP contribution in [0.4, 0.5) is 0 Å². The van der Waals surface area contributed by atoms with E-state index in [4.69, 9.17) is 4.42 Å². The Morgan fingerprint density at radius 2 is 2.08 bits per heavy atom. The number of nitrogens with zero attached hydrogens (tertiary/aromatic N) is 2. The van der Waals surface area contributed by atoms with E-state index >= 15 is 0 Å². The van der Waals surface area contributed by atoms with Crippen LogP contribution in [-0.2, 0) is 0 Å². The molecule has 1 heterocycles. The molecule has 70 valence electrons. The summed E-state index contributed by atoms with van der Waals surface area (Å²) in [5, 5.41) is 8.00. The summed E-state index contributed by atoms with van der Waals surface area (Å²) in [6.07, 6.45) is 6.82. The molecule has 2 aliphatic carbocycles. The van der Waals surface area contributed by atoms with Crippen LogP contribution < -0.4 is 0 Å². The first-order valence-corrected chi connectivity index (χ1v) is 5.10. The molecule has 2 fully saturated rings. The summed E-state index contributed by atoms with van der Waals surface area (Å²) < 4.78 is 5.47. The largest absolute Gasteiger partial charge is 0.425 e. The molecule has 0 N–H and O–H groups in total. The maximum absolute atomic E-state index is 5.47. The highest BCUT2D eigenvalue weighted by molar-refractivity contribution is 5.17. The van der Waals surface area contributed by atoms with Gasteiger partial charge in [0.15, 0.2) is 0 Å². The highest BCUT2D eigenvalue weighted by atomic mass is 16.4. The number of aryl methyl sites for hydroxylation is 1. The minimum absolute atomic E-state index is 0.582. The van der Waals surface area contributed by atoms with Crippen molar-refractivity contribution in [3.8, 4) is 0 Å². The maximum atomic E-state index is 5.47. The molecule has 3 rings (SSSR count). The minimum atomic E-state index is 0.582. The molecule has 1 atom stereocenters. The Morgan fingerprint density at radius 3 is 2.69 bits per heavy atom. The molecule has 2 saturated carbocycles. The molecule has 0 aliphatic heterocycles.